The van der Waals surface area contributed by atoms with Crippen LogP contribution in [-0.2, 0) is 19.0 Å². The normalized spacial score (nSPS) is 39.1. The van der Waals surface area contributed by atoms with Gasteiger partial charge in [-0.3, -0.25) is 9.78 Å². The minimum atomic E-state index is -0.408. The van der Waals surface area contributed by atoms with E-state index >= 15 is 0 Å². The summed E-state index contributed by atoms with van der Waals surface area (Å²) in [5, 5.41) is 0. The number of esters is 1. The number of nitrogens with zero attached hydrogens (tertiary/aromatic N) is 1. The zero-order chi connectivity index (χ0) is 19.3. The van der Waals surface area contributed by atoms with E-state index in [1.165, 1.54) is 0 Å². The number of cyclic esters (lactones) is 1. The van der Waals surface area contributed by atoms with Crippen molar-refractivity contribution in [3.63, 3.8) is 0 Å². The summed E-state index contributed by atoms with van der Waals surface area (Å²) in [6.45, 7) is 5.47. The summed E-state index contributed by atoms with van der Waals surface area (Å²) in [5.41, 5.74) is 2.13. The lowest BCUT2D eigenvalue weighted by molar-refractivity contribution is -0.204. The standard InChI is InChI=1S/C23H29NO4/c1-14-3-4-17(24-13-14)5-6-19-18-7-8-23(26-9-10-27-23)12-16(18)11-20-21(19)15(2)28-22(20)25/h3-6,13,15-16,18-21H,7-12H2,1-2H3/b6-5+/t15-,16-,18-,19+,20-,21+/m1/s1. The topological polar surface area (TPSA) is 57.7 Å². The fraction of sp³-hybridized carbons (Fsp3) is 0.652. The summed E-state index contributed by atoms with van der Waals surface area (Å²) < 4.78 is 17.7. The predicted molar refractivity (Wildman–Crippen MR) is 104 cm³/mol. The van der Waals surface area contributed by atoms with Gasteiger partial charge in [-0.2, -0.15) is 0 Å². The molecule has 150 valence electrons. The van der Waals surface area contributed by atoms with Crippen molar-refractivity contribution in [3.8, 4) is 0 Å². The Balaban J connectivity index is 1.44. The molecule has 1 spiro atoms. The maximum absolute atomic E-state index is 12.5. The number of carbonyl (C=O) groups excluding carboxylic acids is 1. The maximum atomic E-state index is 12.5. The molecule has 2 aliphatic heterocycles. The Morgan fingerprint density at radius 2 is 2.07 bits per heavy atom. The fourth-order valence-electron chi connectivity index (χ4n) is 6.14. The van der Waals surface area contributed by atoms with Gasteiger partial charge in [-0.15, -0.1) is 0 Å². The highest BCUT2D eigenvalue weighted by Gasteiger charge is 2.57. The number of rotatable bonds is 2. The van der Waals surface area contributed by atoms with E-state index in [0.29, 0.717) is 31.0 Å². The number of allylic oxidation sites excluding steroid dienone is 1. The average molecular weight is 383 g/mol. The summed E-state index contributed by atoms with van der Waals surface area (Å²) in [7, 11) is 0. The molecule has 1 aromatic heterocycles. The molecule has 28 heavy (non-hydrogen) atoms. The molecule has 2 saturated heterocycles. The van der Waals surface area contributed by atoms with E-state index in [1.807, 2.05) is 13.1 Å². The first-order valence-corrected chi connectivity index (χ1v) is 10.6. The van der Waals surface area contributed by atoms with Crippen LogP contribution in [0.1, 0.15) is 43.9 Å². The largest absolute Gasteiger partial charge is 0.462 e. The van der Waals surface area contributed by atoms with E-state index < -0.39 is 5.79 Å². The number of fused-ring (bicyclic) bond motifs is 2. The van der Waals surface area contributed by atoms with Gasteiger partial charge in [0.1, 0.15) is 6.10 Å². The molecule has 0 aromatic carbocycles. The van der Waals surface area contributed by atoms with Gasteiger partial charge in [0.25, 0.3) is 0 Å². The van der Waals surface area contributed by atoms with Gasteiger partial charge in [0.15, 0.2) is 5.79 Å². The van der Waals surface area contributed by atoms with Crippen molar-refractivity contribution in [2.75, 3.05) is 13.2 Å². The molecular formula is C23H29NO4. The lowest BCUT2D eigenvalue weighted by atomic mass is 9.56. The number of hydrogen-bond acceptors (Lipinski definition) is 5. The van der Waals surface area contributed by atoms with Gasteiger partial charge in [0.2, 0.25) is 0 Å². The van der Waals surface area contributed by atoms with Gasteiger partial charge in [0.05, 0.1) is 24.8 Å². The zero-order valence-corrected chi connectivity index (χ0v) is 16.7. The first kappa shape index (κ1) is 18.3. The zero-order valence-electron chi connectivity index (χ0n) is 16.7. The van der Waals surface area contributed by atoms with E-state index in [1.54, 1.807) is 0 Å². The van der Waals surface area contributed by atoms with Crippen LogP contribution in [0.25, 0.3) is 6.08 Å². The molecule has 3 heterocycles. The van der Waals surface area contributed by atoms with Crippen molar-refractivity contribution in [1.82, 2.24) is 4.98 Å². The van der Waals surface area contributed by atoms with E-state index in [9.17, 15) is 4.79 Å². The molecule has 1 aromatic rings. The third kappa shape index (κ3) is 3.09. The second kappa shape index (κ2) is 6.96. The van der Waals surface area contributed by atoms with Gasteiger partial charge in [-0.05, 0) is 62.1 Å². The monoisotopic (exact) mass is 383 g/mol. The van der Waals surface area contributed by atoms with Gasteiger partial charge in [-0.25, -0.2) is 0 Å². The molecule has 4 aliphatic rings. The molecule has 5 nitrogen and oxygen atoms in total. The Morgan fingerprint density at radius 1 is 1.25 bits per heavy atom. The van der Waals surface area contributed by atoms with Gasteiger partial charge >= 0.3 is 5.97 Å². The predicted octanol–water partition coefficient (Wildman–Crippen LogP) is 3.76. The number of ether oxygens (including phenoxy) is 3. The Bertz CT molecular complexity index is 767. The van der Waals surface area contributed by atoms with Crippen molar-refractivity contribution in [3.05, 3.63) is 35.7 Å². The molecule has 2 aliphatic carbocycles. The van der Waals surface area contributed by atoms with Crippen LogP contribution in [0, 0.1) is 36.5 Å². The number of hydrogen-bond donors (Lipinski definition) is 0. The van der Waals surface area contributed by atoms with Crippen LogP contribution in [0.3, 0.4) is 0 Å². The van der Waals surface area contributed by atoms with E-state index in [2.05, 4.69) is 36.2 Å². The lowest BCUT2D eigenvalue weighted by Crippen LogP contribution is -2.49. The summed E-state index contributed by atoms with van der Waals surface area (Å²) in [6.07, 6.45) is 10.1. The Morgan fingerprint density at radius 3 is 2.82 bits per heavy atom. The smallest absolute Gasteiger partial charge is 0.309 e. The van der Waals surface area contributed by atoms with E-state index in [0.717, 1.165) is 36.9 Å². The number of aromatic nitrogens is 1. The lowest BCUT2D eigenvalue weighted by Gasteiger charge is -2.49. The van der Waals surface area contributed by atoms with Crippen LogP contribution < -0.4 is 0 Å². The van der Waals surface area contributed by atoms with E-state index in [-0.39, 0.29) is 23.9 Å². The quantitative estimate of drug-likeness (QED) is 0.728. The molecule has 0 N–H and O–H groups in total. The Labute approximate surface area is 166 Å². The Hall–Kier alpha value is -1.72. The summed E-state index contributed by atoms with van der Waals surface area (Å²) >= 11 is 0. The highest BCUT2D eigenvalue weighted by molar-refractivity contribution is 5.75. The minimum Gasteiger partial charge on any atom is -0.462 e. The van der Waals surface area contributed by atoms with Crippen LogP contribution in [0.15, 0.2) is 24.4 Å². The van der Waals surface area contributed by atoms with Crippen molar-refractivity contribution < 1.29 is 19.0 Å². The van der Waals surface area contributed by atoms with E-state index in [4.69, 9.17) is 14.2 Å². The van der Waals surface area contributed by atoms with Crippen molar-refractivity contribution >= 4 is 12.0 Å². The van der Waals surface area contributed by atoms with Crippen LogP contribution in [0.4, 0.5) is 0 Å². The molecule has 0 unspecified atom stereocenters. The first-order valence-electron chi connectivity index (χ1n) is 10.6. The summed E-state index contributed by atoms with van der Waals surface area (Å²) in [6, 6.07) is 4.14. The van der Waals surface area contributed by atoms with Crippen LogP contribution in [-0.4, -0.2) is 36.1 Å². The summed E-state index contributed by atoms with van der Waals surface area (Å²) in [4.78, 5) is 17.1. The number of carbonyl (C=O) groups is 1. The second-order valence-electron chi connectivity index (χ2n) is 9.03. The molecular weight excluding hydrogens is 354 g/mol. The first-order chi connectivity index (χ1) is 13.5. The van der Waals surface area contributed by atoms with Crippen molar-refractivity contribution in [2.24, 2.45) is 29.6 Å². The highest BCUT2D eigenvalue weighted by atomic mass is 16.7. The molecule has 0 bridgehead atoms. The van der Waals surface area contributed by atoms with Crippen molar-refractivity contribution in [2.45, 2.75) is 51.4 Å². The second-order valence-corrected chi connectivity index (χ2v) is 9.03. The molecule has 0 radical (unpaired) electrons. The fourth-order valence-corrected chi connectivity index (χ4v) is 6.14. The molecule has 5 rings (SSSR count). The third-order valence-electron chi connectivity index (χ3n) is 7.38. The van der Waals surface area contributed by atoms with Gasteiger partial charge in [0, 0.05) is 25.0 Å². The molecule has 2 saturated carbocycles. The van der Waals surface area contributed by atoms with Crippen LogP contribution in [0.2, 0.25) is 0 Å². The molecule has 6 atom stereocenters. The average Bonchev–Trinajstić information content (AvgIpc) is 3.24. The molecule has 5 heteroatoms. The van der Waals surface area contributed by atoms with Crippen LogP contribution >= 0.6 is 0 Å². The highest BCUT2D eigenvalue weighted by Crippen LogP contribution is 2.56. The molecule has 4 fully saturated rings. The number of pyridine rings is 1. The maximum Gasteiger partial charge on any atom is 0.309 e. The Kier molecular flexibility index (Phi) is 4.55. The SMILES string of the molecule is Cc1ccc(/C=C/[C@H]2[C@@H]3CCC4(C[C@H]3C[C@H]3C(=O)O[C@H](C)[C@@H]23)OCCO4)nc1. The van der Waals surface area contributed by atoms with Gasteiger partial charge < -0.3 is 14.2 Å². The van der Waals surface area contributed by atoms with Crippen molar-refractivity contribution in [1.29, 1.82) is 0 Å². The van der Waals surface area contributed by atoms with Gasteiger partial charge in [-0.1, -0.05) is 12.1 Å². The molecule has 0 amide bonds. The van der Waals surface area contributed by atoms with Crippen LogP contribution in [0.5, 0.6) is 0 Å². The summed E-state index contributed by atoms with van der Waals surface area (Å²) in [5.74, 6) is 1.13. The minimum absolute atomic E-state index is 0.00608. The third-order valence-corrected chi connectivity index (χ3v) is 7.38. The number of aryl methyl sites for hydroxylation is 1.